The van der Waals surface area contributed by atoms with E-state index in [1.807, 2.05) is 54.6 Å². The third-order valence-electron chi connectivity index (χ3n) is 4.80. The molecule has 8 heteroatoms. The molecule has 0 atom stereocenters. The number of thiazole rings is 1. The Morgan fingerprint density at radius 3 is 2.61 bits per heavy atom. The summed E-state index contributed by atoms with van der Waals surface area (Å²) in [6, 6.07) is 16.5. The Morgan fingerprint density at radius 2 is 1.91 bits per heavy atom. The van der Waals surface area contributed by atoms with Crippen LogP contribution in [0.3, 0.4) is 0 Å². The Hall–Kier alpha value is -3.78. The summed E-state index contributed by atoms with van der Waals surface area (Å²) in [5.74, 6) is 0.291. The second kappa shape index (κ2) is 10.2. The van der Waals surface area contributed by atoms with Crippen molar-refractivity contribution in [2.45, 2.75) is 26.7 Å². The highest BCUT2D eigenvalue weighted by atomic mass is 32.1. The van der Waals surface area contributed by atoms with E-state index in [1.54, 1.807) is 11.5 Å². The number of ether oxygens (including phenoxy) is 2. The van der Waals surface area contributed by atoms with Gasteiger partial charge in [0.25, 0.3) is 0 Å². The van der Waals surface area contributed by atoms with Gasteiger partial charge in [-0.25, -0.2) is 14.8 Å². The van der Waals surface area contributed by atoms with Crippen molar-refractivity contribution in [3.8, 4) is 5.75 Å². The van der Waals surface area contributed by atoms with E-state index in [1.165, 1.54) is 23.2 Å². The number of cyclic esters (lactones) is 1. The molecule has 2 aromatic carbocycles. The largest absolute Gasteiger partial charge is 0.494 e. The van der Waals surface area contributed by atoms with Gasteiger partial charge in [0.15, 0.2) is 10.8 Å². The molecule has 7 nitrogen and oxygen atoms in total. The van der Waals surface area contributed by atoms with Crippen molar-refractivity contribution in [3.05, 3.63) is 76.9 Å². The number of unbranched alkanes of at least 4 members (excludes halogenated alkanes) is 1. The van der Waals surface area contributed by atoms with E-state index in [-0.39, 0.29) is 17.5 Å². The van der Waals surface area contributed by atoms with Gasteiger partial charge in [-0.1, -0.05) is 31.5 Å². The molecule has 0 N–H and O–H groups in total. The molecule has 0 radical (unpaired) electrons. The predicted molar refractivity (Wildman–Crippen MR) is 129 cm³/mol. The number of aromatic nitrogens is 1. The zero-order valence-corrected chi connectivity index (χ0v) is 19.2. The summed E-state index contributed by atoms with van der Waals surface area (Å²) in [7, 11) is 0. The molecule has 0 saturated heterocycles. The van der Waals surface area contributed by atoms with Crippen LogP contribution in [0.2, 0.25) is 0 Å². The topological polar surface area (TPSA) is 81.1 Å². The lowest BCUT2D eigenvalue weighted by molar-refractivity contribution is -0.130. The number of rotatable bonds is 8. The maximum Gasteiger partial charge on any atom is 0.363 e. The van der Waals surface area contributed by atoms with Crippen LogP contribution < -0.4 is 9.64 Å². The van der Waals surface area contributed by atoms with Crippen LogP contribution in [0.5, 0.6) is 5.75 Å². The quantitative estimate of drug-likeness (QED) is 0.257. The molecule has 2 heterocycles. The fraction of sp³-hybridized carbons (Fsp3) is 0.200. The highest BCUT2D eigenvalue weighted by Crippen LogP contribution is 2.30. The zero-order valence-electron chi connectivity index (χ0n) is 18.4. The SMILES string of the molecule is CCCCOc1ccc(C2=NC(=Cc3csc(N(C(C)=O)c4ccccc4)n3)C(=O)O2)cc1. The van der Waals surface area contributed by atoms with Gasteiger partial charge in [0, 0.05) is 17.9 Å². The summed E-state index contributed by atoms with van der Waals surface area (Å²) >= 11 is 1.31. The van der Waals surface area contributed by atoms with Crippen molar-refractivity contribution < 1.29 is 19.1 Å². The van der Waals surface area contributed by atoms with Crippen LogP contribution in [0.4, 0.5) is 10.8 Å². The molecule has 0 aliphatic carbocycles. The van der Waals surface area contributed by atoms with E-state index in [9.17, 15) is 9.59 Å². The standard InChI is InChI=1S/C25H23N3O4S/c1-3-4-14-31-21-12-10-18(11-13-21)23-27-22(24(30)32-23)15-19-16-33-25(26-19)28(17(2)29)20-8-6-5-7-9-20/h5-13,15-16H,3-4,14H2,1-2H3. The Kier molecular flexibility index (Phi) is 6.95. The molecule has 0 saturated carbocycles. The molecule has 3 aromatic rings. The van der Waals surface area contributed by atoms with Crippen molar-refractivity contribution in [1.82, 2.24) is 4.98 Å². The molecular formula is C25H23N3O4S. The number of amides is 1. The van der Waals surface area contributed by atoms with Crippen LogP contribution in [0.25, 0.3) is 6.08 Å². The van der Waals surface area contributed by atoms with Crippen LogP contribution in [0, 0.1) is 0 Å². The third kappa shape index (κ3) is 5.35. The lowest BCUT2D eigenvalue weighted by atomic mass is 10.2. The maximum atomic E-state index is 12.4. The molecule has 1 aliphatic heterocycles. The fourth-order valence-corrected chi connectivity index (χ4v) is 3.99. The van der Waals surface area contributed by atoms with Crippen molar-refractivity contribution in [2.75, 3.05) is 11.5 Å². The van der Waals surface area contributed by atoms with Crippen LogP contribution in [-0.4, -0.2) is 29.4 Å². The van der Waals surface area contributed by atoms with Crippen LogP contribution in [-0.2, 0) is 14.3 Å². The molecule has 33 heavy (non-hydrogen) atoms. The lowest BCUT2D eigenvalue weighted by Gasteiger charge is -2.17. The van der Waals surface area contributed by atoms with Gasteiger partial charge < -0.3 is 9.47 Å². The summed E-state index contributed by atoms with van der Waals surface area (Å²) in [5.41, 5.74) is 2.08. The van der Waals surface area contributed by atoms with Gasteiger partial charge in [0.05, 0.1) is 18.0 Å². The molecule has 1 amide bonds. The first-order valence-corrected chi connectivity index (χ1v) is 11.5. The maximum absolute atomic E-state index is 12.4. The highest BCUT2D eigenvalue weighted by Gasteiger charge is 2.25. The smallest absolute Gasteiger partial charge is 0.363 e. The van der Waals surface area contributed by atoms with E-state index in [4.69, 9.17) is 9.47 Å². The monoisotopic (exact) mass is 461 g/mol. The third-order valence-corrected chi connectivity index (χ3v) is 5.65. The first-order valence-electron chi connectivity index (χ1n) is 10.6. The lowest BCUT2D eigenvalue weighted by Crippen LogP contribution is -2.22. The van der Waals surface area contributed by atoms with Crippen LogP contribution >= 0.6 is 11.3 Å². The number of aliphatic imine (C=N–C) groups is 1. The minimum absolute atomic E-state index is 0.152. The second-order valence-corrected chi connectivity index (χ2v) is 8.14. The van der Waals surface area contributed by atoms with Gasteiger partial charge in [0.2, 0.25) is 11.8 Å². The van der Waals surface area contributed by atoms with Gasteiger partial charge in [-0.05, 0) is 48.9 Å². The molecular weight excluding hydrogens is 438 g/mol. The van der Waals surface area contributed by atoms with E-state index in [0.29, 0.717) is 23.0 Å². The summed E-state index contributed by atoms with van der Waals surface area (Å²) in [5, 5.41) is 2.28. The molecule has 0 fully saturated rings. The second-order valence-electron chi connectivity index (χ2n) is 7.31. The Morgan fingerprint density at radius 1 is 1.15 bits per heavy atom. The molecule has 0 unspecified atom stereocenters. The van der Waals surface area contributed by atoms with Gasteiger partial charge in [-0.2, -0.15) is 0 Å². The van der Waals surface area contributed by atoms with E-state index in [0.717, 1.165) is 24.3 Å². The first kappa shape index (κ1) is 22.4. The summed E-state index contributed by atoms with van der Waals surface area (Å²) in [6.45, 7) is 4.26. The molecule has 168 valence electrons. The number of hydrogen-bond donors (Lipinski definition) is 0. The summed E-state index contributed by atoms with van der Waals surface area (Å²) in [6.07, 6.45) is 3.62. The fourth-order valence-electron chi connectivity index (χ4n) is 3.15. The highest BCUT2D eigenvalue weighted by molar-refractivity contribution is 7.14. The van der Waals surface area contributed by atoms with Crippen molar-refractivity contribution in [1.29, 1.82) is 0 Å². The number of carbonyl (C=O) groups excluding carboxylic acids is 2. The molecule has 4 rings (SSSR count). The number of carbonyl (C=O) groups is 2. The van der Waals surface area contributed by atoms with Gasteiger partial charge in [-0.3, -0.25) is 9.69 Å². The number of esters is 1. The first-order chi connectivity index (χ1) is 16.0. The number of nitrogens with zero attached hydrogens (tertiary/aromatic N) is 3. The van der Waals surface area contributed by atoms with E-state index >= 15 is 0 Å². The molecule has 0 bridgehead atoms. The van der Waals surface area contributed by atoms with Crippen molar-refractivity contribution in [2.24, 2.45) is 4.99 Å². The minimum Gasteiger partial charge on any atom is -0.494 e. The number of benzene rings is 2. The average Bonchev–Trinajstić information content (AvgIpc) is 3.42. The van der Waals surface area contributed by atoms with Gasteiger partial charge in [-0.15, -0.1) is 11.3 Å². The Bertz CT molecular complexity index is 1200. The summed E-state index contributed by atoms with van der Waals surface area (Å²) < 4.78 is 11.0. The van der Waals surface area contributed by atoms with Crippen LogP contribution in [0.1, 0.15) is 37.9 Å². The minimum atomic E-state index is -0.547. The summed E-state index contributed by atoms with van der Waals surface area (Å²) in [4.78, 5) is 34.9. The van der Waals surface area contributed by atoms with E-state index < -0.39 is 5.97 Å². The Labute approximate surface area is 196 Å². The predicted octanol–water partition coefficient (Wildman–Crippen LogP) is 5.35. The van der Waals surface area contributed by atoms with Crippen molar-refractivity contribution >= 4 is 46.0 Å². The molecule has 1 aromatic heterocycles. The number of anilines is 2. The van der Waals surface area contributed by atoms with Crippen LogP contribution in [0.15, 0.2) is 70.7 Å². The van der Waals surface area contributed by atoms with E-state index in [2.05, 4.69) is 16.9 Å². The molecule has 1 aliphatic rings. The zero-order chi connectivity index (χ0) is 23.2. The molecule has 0 spiro atoms. The number of para-hydroxylation sites is 1. The normalized spacial score (nSPS) is 14.2. The van der Waals surface area contributed by atoms with Gasteiger partial charge >= 0.3 is 5.97 Å². The van der Waals surface area contributed by atoms with Gasteiger partial charge in [0.1, 0.15) is 5.75 Å². The number of hydrogen-bond acceptors (Lipinski definition) is 7. The van der Waals surface area contributed by atoms with Crippen molar-refractivity contribution in [3.63, 3.8) is 0 Å². The average molecular weight is 462 g/mol. The Balaban J connectivity index is 1.52.